The van der Waals surface area contributed by atoms with E-state index in [1.807, 2.05) is 48.3 Å². The fourth-order valence-corrected chi connectivity index (χ4v) is 1.76. The van der Waals surface area contributed by atoms with E-state index < -0.39 is 0 Å². The zero-order chi connectivity index (χ0) is 12.4. The van der Waals surface area contributed by atoms with Gasteiger partial charge in [-0.25, -0.2) is 9.97 Å². The molecule has 0 aliphatic rings. The van der Waals surface area contributed by atoms with Gasteiger partial charge in [-0.2, -0.15) is 5.10 Å². The summed E-state index contributed by atoms with van der Waals surface area (Å²) in [5.74, 6) is 0.587. The maximum absolute atomic E-state index is 4.45. The molecule has 5 heteroatoms. The van der Waals surface area contributed by atoms with Crippen LogP contribution < -0.4 is 5.32 Å². The van der Waals surface area contributed by atoms with Crippen LogP contribution in [0.3, 0.4) is 0 Å². The Bertz CT molecular complexity index is 674. The predicted octanol–water partition coefficient (Wildman–Crippen LogP) is 2.59. The Balaban J connectivity index is 1.90. The van der Waals surface area contributed by atoms with Crippen molar-refractivity contribution in [3.8, 4) is 0 Å². The Kier molecular flexibility index (Phi) is 2.64. The number of aryl methyl sites for hydroxylation is 1. The van der Waals surface area contributed by atoms with Gasteiger partial charge in [0.15, 0.2) is 0 Å². The van der Waals surface area contributed by atoms with Gasteiger partial charge in [0.25, 0.3) is 0 Å². The van der Waals surface area contributed by atoms with Gasteiger partial charge < -0.3 is 5.32 Å². The summed E-state index contributed by atoms with van der Waals surface area (Å²) in [5.41, 5.74) is 1.82. The third-order valence-corrected chi connectivity index (χ3v) is 2.70. The number of para-hydroxylation sites is 1. The molecule has 0 unspecified atom stereocenters. The molecule has 3 aromatic rings. The molecule has 0 aliphatic heterocycles. The van der Waals surface area contributed by atoms with Gasteiger partial charge >= 0.3 is 0 Å². The molecule has 5 nitrogen and oxygen atoms in total. The van der Waals surface area contributed by atoms with Crippen LogP contribution in [0.5, 0.6) is 0 Å². The average molecular weight is 239 g/mol. The highest BCUT2D eigenvalue weighted by atomic mass is 15.3. The maximum Gasteiger partial charge on any atom is 0.227 e. The van der Waals surface area contributed by atoms with Crippen LogP contribution in [0.15, 0.2) is 42.9 Å². The highest BCUT2D eigenvalue weighted by Gasteiger charge is 2.01. The van der Waals surface area contributed by atoms with Gasteiger partial charge in [0.05, 0.1) is 17.4 Å². The lowest BCUT2D eigenvalue weighted by molar-refractivity contribution is 0.660. The van der Waals surface area contributed by atoms with Crippen molar-refractivity contribution >= 4 is 22.5 Å². The molecule has 0 aliphatic carbocycles. The Hall–Kier alpha value is -2.43. The molecule has 3 rings (SSSR count). The largest absolute Gasteiger partial charge is 0.321 e. The third-order valence-electron chi connectivity index (χ3n) is 2.70. The normalized spacial score (nSPS) is 10.7. The fraction of sp³-hybridized carbons (Fsp3) is 0.154. The van der Waals surface area contributed by atoms with E-state index in [0.717, 1.165) is 23.1 Å². The SMILES string of the molecule is CCn1cc(Nc2ncc3ccccc3n2)cn1. The summed E-state index contributed by atoms with van der Waals surface area (Å²) in [6, 6.07) is 7.91. The summed E-state index contributed by atoms with van der Waals surface area (Å²) < 4.78 is 1.85. The average Bonchev–Trinajstić information content (AvgIpc) is 2.86. The molecule has 1 aromatic carbocycles. The van der Waals surface area contributed by atoms with E-state index in [-0.39, 0.29) is 0 Å². The van der Waals surface area contributed by atoms with E-state index in [2.05, 4.69) is 20.4 Å². The van der Waals surface area contributed by atoms with Crippen LogP contribution in [0.1, 0.15) is 6.92 Å². The summed E-state index contributed by atoms with van der Waals surface area (Å²) in [6.07, 6.45) is 5.51. The van der Waals surface area contributed by atoms with Crippen molar-refractivity contribution in [1.29, 1.82) is 0 Å². The number of hydrogen-bond donors (Lipinski definition) is 1. The number of fused-ring (bicyclic) bond motifs is 1. The van der Waals surface area contributed by atoms with E-state index >= 15 is 0 Å². The lowest BCUT2D eigenvalue weighted by Crippen LogP contribution is -1.96. The number of nitrogens with one attached hydrogen (secondary N) is 1. The Morgan fingerprint density at radius 1 is 1.22 bits per heavy atom. The standard InChI is InChI=1S/C13H13N5/c1-2-18-9-11(8-15-18)16-13-14-7-10-5-3-4-6-12(10)17-13/h3-9H,2H2,1H3,(H,14,16,17). The second-order valence-electron chi connectivity index (χ2n) is 3.96. The van der Waals surface area contributed by atoms with Crippen molar-refractivity contribution in [2.45, 2.75) is 13.5 Å². The van der Waals surface area contributed by atoms with Crippen molar-refractivity contribution in [1.82, 2.24) is 19.7 Å². The van der Waals surface area contributed by atoms with E-state index in [4.69, 9.17) is 0 Å². The van der Waals surface area contributed by atoms with Crippen LogP contribution in [-0.4, -0.2) is 19.7 Å². The monoisotopic (exact) mass is 239 g/mol. The molecule has 0 bridgehead atoms. The van der Waals surface area contributed by atoms with E-state index in [1.165, 1.54) is 0 Å². The minimum absolute atomic E-state index is 0.587. The molecular formula is C13H13N5. The van der Waals surface area contributed by atoms with Crippen molar-refractivity contribution in [3.05, 3.63) is 42.9 Å². The first-order valence-electron chi connectivity index (χ1n) is 5.86. The van der Waals surface area contributed by atoms with E-state index in [1.54, 1.807) is 6.20 Å². The van der Waals surface area contributed by atoms with Gasteiger partial charge in [-0.3, -0.25) is 4.68 Å². The summed E-state index contributed by atoms with van der Waals surface area (Å²) >= 11 is 0. The van der Waals surface area contributed by atoms with Gasteiger partial charge in [-0.15, -0.1) is 0 Å². The van der Waals surface area contributed by atoms with E-state index in [9.17, 15) is 0 Å². The first kappa shape index (κ1) is 10.7. The number of nitrogens with zero attached hydrogens (tertiary/aromatic N) is 4. The quantitative estimate of drug-likeness (QED) is 0.763. The van der Waals surface area contributed by atoms with Crippen LogP contribution in [0.2, 0.25) is 0 Å². The second-order valence-corrected chi connectivity index (χ2v) is 3.96. The number of aromatic nitrogens is 4. The van der Waals surface area contributed by atoms with Crippen molar-refractivity contribution in [3.63, 3.8) is 0 Å². The van der Waals surface area contributed by atoms with Crippen molar-refractivity contribution in [2.75, 3.05) is 5.32 Å². The predicted molar refractivity (Wildman–Crippen MR) is 70.7 cm³/mol. The number of benzene rings is 1. The Morgan fingerprint density at radius 2 is 2.11 bits per heavy atom. The first-order chi connectivity index (χ1) is 8.85. The van der Waals surface area contributed by atoms with Crippen molar-refractivity contribution in [2.24, 2.45) is 0 Å². The molecule has 0 atom stereocenters. The molecule has 0 radical (unpaired) electrons. The molecule has 0 saturated heterocycles. The lowest BCUT2D eigenvalue weighted by Gasteiger charge is -2.02. The topological polar surface area (TPSA) is 55.6 Å². The summed E-state index contributed by atoms with van der Waals surface area (Å²) in [6.45, 7) is 2.89. The lowest BCUT2D eigenvalue weighted by atomic mass is 10.2. The molecule has 0 fully saturated rings. The molecule has 2 aromatic heterocycles. The number of anilines is 2. The van der Waals surface area contributed by atoms with Crippen molar-refractivity contribution < 1.29 is 0 Å². The van der Waals surface area contributed by atoms with Gasteiger partial charge in [0.1, 0.15) is 0 Å². The molecule has 0 spiro atoms. The second kappa shape index (κ2) is 4.44. The molecule has 1 N–H and O–H groups in total. The minimum atomic E-state index is 0.587. The van der Waals surface area contributed by atoms with Crippen LogP contribution in [-0.2, 0) is 6.54 Å². The van der Waals surface area contributed by atoms with Crippen LogP contribution in [0.25, 0.3) is 10.9 Å². The molecule has 0 amide bonds. The molecule has 0 saturated carbocycles. The summed E-state index contributed by atoms with van der Waals surface area (Å²) in [5, 5.41) is 8.37. The van der Waals surface area contributed by atoms with Gasteiger partial charge in [0, 0.05) is 24.3 Å². The first-order valence-corrected chi connectivity index (χ1v) is 5.86. The molecule has 2 heterocycles. The number of hydrogen-bond acceptors (Lipinski definition) is 4. The highest BCUT2D eigenvalue weighted by molar-refractivity contribution is 5.78. The van der Waals surface area contributed by atoms with E-state index in [0.29, 0.717) is 5.95 Å². The Labute approximate surface area is 104 Å². The maximum atomic E-state index is 4.45. The summed E-state index contributed by atoms with van der Waals surface area (Å²) in [4.78, 5) is 8.72. The molecule has 18 heavy (non-hydrogen) atoms. The Morgan fingerprint density at radius 3 is 2.94 bits per heavy atom. The van der Waals surface area contributed by atoms with Crippen LogP contribution in [0, 0.1) is 0 Å². The number of rotatable bonds is 3. The molecule has 90 valence electrons. The molecular weight excluding hydrogens is 226 g/mol. The summed E-state index contributed by atoms with van der Waals surface area (Å²) in [7, 11) is 0. The van der Waals surface area contributed by atoms with Gasteiger partial charge in [-0.1, -0.05) is 18.2 Å². The zero-order valence-corrected chi connectivity index (χ0v) is 10.0. The minimum Gasteiger partial charge on any atom is -0.321 e. The smallest absolute Gasteiger partial charge is 0.227 e. The highest BCUT2D eigenvalue weighted by Crippen LogP contribution is 2.15. The van der Waals surface area contributed by atoms with Gasteiger partial charge in [-0.05, 0) is 13.0 Å². The zero-order valence-electron chi connectivity index (χ0n) is 10.0. The fourth-order valence-electron chi connectivity index (χ4n) is 1.76. The third kappa shape index (κ3) is 2.02. The van der Waals surface area contributed by atoms with Gasteiger partial charge in [0.2, 0.25) is 5.95 Å². The van der Waals surface area contributed by atoms with Crippen LogP contribution >= 0.6 is 0 Å². The van der Waals surface area contributed by atoms with Crippen LogP contribution in [0.4, 0.5) is 11.6 Å².